The monoisotopic (exact) mass is 235 g/mol. The lowest BCUT2D eigenvalue weighted by Crippen LogP contribution is -2.30. The topological polar surface area (TPSA) is 55.7 Å². The van der Waals surface area contributed by atoms with Crippen LogP contribution in [0.25, 0.3) is 0 Å². The van der Waals surface area contributed by atoms with Crippen LogP contribution in [0.4, 0.5) is 0 Å². The Kier molecular flexibility index (Phi) is 4.32. The van der Waals surface area contributed by atoms with Gasteiger partial charge in [0.1, 0.15) is 12.4 Å². The summed E-state index contributed by atoms with van der Waals surface area (Å²) in [5, 5.41) is 3.26. The first-order chi connectivity index (χ1) is 8.42. The Bertz CT molecular complexity index is 393. The fraction of sp³-hybridized carbons (Fsp3) is 0.500. The van der Waals surface area contributed by atoms with Gasteiger partial charge in [0.25, 0.3) is 0 Å². The number of pyridine rings is 1. The van der Waals surface area contributed by atoms with Gasteiger partial charge in [-0.2, -0.15) is 0 Å². The molecular weight excluding hydrogens is 218 g/mol. The molecule has 0 spiro atoms. The Labute approximate surface area is 101 Å². The van der Waals surface area contributed by atoms with Crippen molar-refractivity contribution < 1.29 is 9.47 Å². The zero-order valence-corrected chi connectivity index (χ0v) is 9.98. The van der Waals surface area contributed by atoms with Crippen LogP contribution in [0.1, 0.15) is 12.0 Å². The number of methoxy groups -OCH3 is 1. The van der Waals surface area contributed by atoms with Crippen LogP contribution in [0, 0.1) is 0 Å². The molecule has 0 aromatic carbocycles. The predicted molar refractivity (Wildman–Crippen MR) is 65.6 cm³/mol. The third kappa shape index (κ3) is 3.17. The van der Waals surface area contributed by atoms with Gasteiger partial charge in [0.2, 0.25) is 5.88 Å². The lowest BCUT2D eigenvalue weighted by atomic mass is 10.2. The molecular formula is C12H17N3O2. The molecule has 0 amide bonds. The number of nitrogens with zero attached hydrogens (tertiary/aromatic N) is 2. The lowest BCUT2D eigenvalue weighted by molar-refractivity contribution is 0.143. The van der Waals surface area contributed by atoms with Gasteiger partial charge in [-0.3, -0.25) is 4.99 Å². The molecule has 0 bridgehead atoms. The number of nitrogens with one attached hydrogen (secondary N) is 1. The molecule has 0 fully saturated rings. The van der Waals surface area contributed by atoms with E-state index in [2.05, 4.69) is 15.3 Å². The van der Waals surface area contributed by atoms with Crippen LogP contribution >= 0.6 is 0 Å². The molecule has 1 aromatic rings. The van der Waals surface area contributed by atoms with Crippen molar-refractivity contribution in [1.82, 2.24) is 10.3 Å². The molecule has 0 aliphatic carbocycles. The molecule has 1 N–H and O–H groups in total. The predicted octanol–water partition coefficient (Wildman–Crippen LogP) is 0.847. The van der Waals surface area contributed by atoms with Gasteiger partial charge < -0.3 is 14.8 Å². The molecule has 1 aromatic heterocycles. The molecule has 0 atom stereocenters. The average molecular weight is 235 g/mol. The summed E-state index contributed by atoms with van der Waals surface area (Å²) < 4.78 is 10.5. The molecule has 1 aliphatic heterocycles. The summed E-state index contributed by atoms with van der Waals surface area (Å²) in [5.74, 6) is 1.48. The number of amidine groups is 1. The highest BCUT2D eigenvalue weighted by atomic mass is 16.5. The van der Waals surface area contributed by atoms with Crippen molar-refractivity contribution in [2.75, 3.05) is 33.4 Å². The van der Waals surface area contributed by atoms with Crippen molar-refractivity contribution in [3.8, 4) is 5.88 Å². The Morgan fingerprint density at radius 1 is 1.41 bits per heavy atom. The molecule has 5 heteroatoms. The van der Waals surface area contributed by atoms with Crippen molar-refractivity contribution in [1.29, 1.82) is 0 Å². The van der Waals surface area contributed by atoms with Crippen molar-refractivity contribution in [2.45, 2.75) is 6.42 Å². The second-order valence-electron chi connectivity index (χ2n) is 3.71. The number of hydrogen-bond acceptors (Lipinski definition) is 5. The minimum Gasteiger partial charge on any atom is -0.475 e. The third-order valence-electron chi connectivity index (χ3n) is 2.45. The highest BCUT2D eigenvalue weighted by Crippen LogP contribution is 2.15. The minimum absolute atomic E-state index is 0.494. The fourth-order valence-corrected chi connectivity index (χ4v) is 1.62. The summed E-state index contributed by atoms with van der Waals surface area (Å²) in [7, 11) is 1.65. The van der Waals surface area contributed by atoms with Gasteiger partial charge in [-0.1, -0.05) is 0 Å². The van der Waals surface area contributed by atoms with Gasteiger partial charge >= 0.3 is 0 Å². The summed E-state index contributed by atoms with van der Waals surface area (Å²) in [6.45, 7) is 2.85. The maximum atomic E-state index is 5.57. The molecule has 0 radical (unpaired) electrons. The van der Waals surface area contributed by atoms with E-state index in [4.69, 9.17) is 9.47 Å². The number of hydrogen-bond donors (Lipinski definition) is 1. The highest BCUT2D eigenvalue weighted by Gasteiger charge is 2.13. The van der Waals surface area contributed by atoms with Gasteiger partial charge in [0.05, 0.1) is 12.2 Å². The maximum absolute atomic E-state index is 5.57. The molecule has 2 heterocycles. The second-order valence-corrected chi connectivity index (χ2v) is 3.71. The lowest BCUT2D eigenvalue weighted by Gasteiger charge is -2.16. The van der Waals surface area contributed by atoms with Gasteiger partial charge in [-0.05, 0) is 18.6 Å². The first kappa shape index (κ1) is 11.9. The zero-order chi connectivity index (χ0) is 11.9. The highest BCUT2D eigenvalue weighted by molar-refractivity contribution is 6.00. The van der Waals surface area contributed by atoms with Gasteiger partial charge in [-0.25, -0.2) is 4.98 Å². The van der Waals surface area contributed by atoms with Crippen LogP contribution in [0.5, 0.6) is 5.88 Å². The number of aliphatic imine (C=N–C) groups is 1. The normalized spacial score (nSPS) is 15.0. The van der Waals surface area contributed by atoms with E-state index in [-0.39, 0.29) is 0 Å². The third-order valence-corrected chi connectivity index (χ3v) is 2.45. The Morgan fingerprint density at radius 3 is 3.12 bits per heavy atom. The number of rotatable bonds is 5. The average Bonchev–Trinajstić information content (AvgIpc) is 2.41. The minimum atomic E-state index is 0.494. The van der Waals surface area contributed by atoms with Crippen LogP contribution < -0.4 is 10.1 Å². The van der Waals surface area contributed by atoms with Gasteiger partial charge in [0.15, 0.2) is 0 Å². The summed E-state index contributed by atoms with van der Waals surface area (Å²) in [4.78, 5) is 8.67. The molecule has 5 nitrogen and oxygen atoms in total. The van der Waals surface area contributed by atoms with Crippen LogP contribution in [0.2, 0.25) is 0 Å². The molecule has 0 saturated heterocycles. The van der Waals surface area contributed by atoms with E-state index in [1.54, 1.807) is 13.3 Å². The van der Waals surface area contributed by atoms with Crippen molar-refractivity contribution in [3.05, 3.63) is 23.9 Å². The van der Waals surface area contributed by atoms with E-state index in [0.717, 1.165) is 30.9 Å². The Hall–Kier alpha value is -1.62. The Morgan fingerprint density at radius 2 is 2.35 bits per heavy atom. The van der Waals surface area contributed by atoms with Gasteiger partial charge in [0, 0.05) is 26.4 Å². The summed E-state index contributed by atoms with van der Waals surface area (Å²) in [6, 6.07) is 3.85. The van der Waals surface area contributed by atoms with Crippen LogP contribution in [-0.4, -0.2) is 44.2 Å². The molecule has 17 heavy (non-hydrogen) atoms. The largest absolute Gasteiger partial charge is 0.475 e. The molecule has 0 saturated carbocycles. The first-order valence-electron chi connectivity index (χ1n) is 5.77. The van der Waals surface area contributed by atoms with Crippen LogP contribution in [0.15, 0.2) is 23.3 Å². The smallest absolute Gasteiger partial charge is 0.224 e. The van der Waals surface area contributed by atoms with E-state index in [1.165, 1.54) is 0 Å². The summed E-state index contributed by atoms with van der Waals surface area (Å²) in [6.07, 6.45) is 2.79. The SMILES string of the molecule is COCCOc1ncccc1C1=NCCCN1. The number of aromatic nitrogens is 1. The fourth-order valence-electron chi connectivity index (χ4n) is 1.62. The molecule has 0 unspecified atom stereocenters. The van der Waals surface area contributed by atoms with E-state index in [1.807, 2.05) is 12.1 Å². The second kappa shape index (κ2) is 6.20. The van der Waals surface area contributed by atoms with Crippen LogP contribution in [0.3, 0.4) is 0 Å². The quantitative estimate of drug-likeness (QED) is 0.769. The molecule has 2 rings (SSSR count). The van der Waals surface area contributed by atoms with E-state index in [9.17, 15) is 0 Å². The first-order valence-corrected chi connectivity index (χ1v) is 5.77. The Balaban J connectivity index is 2.12. The van der Waals surface area contributed by atoms with Crippen molar-refractivity contribution in [2.24, 2.45) is 4.99 Å². The number of ether oxygens (including phenoxy) is 2. The summed E-state index contributed by atoms with van der Waals surface area (Å²) >= 11 is 0. The van der Waals surface area contributed by atoms with E-state index in [0.29, 0.717) is 19.1 Å². The standard InChI is InChI=1S/C12H17N3O2/c1-16-8-9-17-12-10(4-2-5-15-12)11-13-6-3-7-14-11/h2,4-5H,3,6-9H2,1H3,(H,13,14). The summed E-state index contributed by atoms with van der Waals surface area (Å²) in [5.41, 5.74) is 0.920. The zero-order valence-electron chi connectivity index (χ0n) is 9.98. The van der Waals surface area contributed by atoms with E-state index < -0.39 is 0 Å². The van der Waals surface area contributed by atoms with Gasteiger partial charge in [-0.15, -0.1) is 0 Å². The van der Waals surface area contributed by atoms with E-state index >= 15 is 0 Å². The van der Waals surface area contributed by atoms with Crippen LogP contribution in [-0.2, 0) is 4.74 Å². The van der Waals surface area contributed by atoms with Crippen molar-refractivity contribution in [3.63, 3.8) is 0 Å². The maximum Gasteiger partial charge on any atom is 0.224 e. The molecule has 92 valence electrons. The van der Waals surface area contributed by atoms with Crippen molar-refractivity contribution >= 4 is 5.84 Å². The molecule has 1 aliphatic rings.